The highest BCUT2D eigenvalue weighted by molar-refractivity contribution is 7.88. The molecule has 0 saturated carbocycles. The van der Waals surface area contributed by atoms with E-state index < -0.39 is 16.1 Å². The maximum atomic E-state index is 12.7. The SMILES string of the molecule is CC(C)[C@H]1C(=O)N(S(C)(=O)=O)[C@H]2CN(C(=O)/C=C/CN3CCCCC3)CC12.Cl. The van der Waals surface area contributed by atoms with Crippen LogP contribution in [0.4, 0.5) is 0 Å². The number of carbonyl (C=O) groups is 2. The molecule has 3 aliphatic heterocycles. The van der Waals surface area contributed by atoms with Gasteiger partial charge < -0.3 is 4.90 Å². The third-order valence-electron chi connectivity index (χ3n) is 6.06. The van der Waals surface area contributed by atoms with Crippen molar-refractivity contribution in [2.24, 2.45) is 17.8 Å². The molecule has 3 saturated heterocycles. The molecule has 3 rings (SSSR count). The van der Waals surface area contributed by atoms with Gasteiger partial charge >= 0.3 is 0 Å². The lowest BCUT2D eigenvalue weighted by Gasteiger charge is -2.25. The van der Waals surface area contributed by atoms with E-state index in [1.54, 1.807) is 11.0 Å². The number of sulfonamides is 1. The average molecular weight is 434 g/mol. The first-order valence-electron chi connectivity index (χ1n) is 9.91. The molecule has 3 heterocycles. The Morgan fingerprint density at radius 3 is 2.39 bits per heavy atom. The molecular weight excluding hydrogens is 402 g/mol. The van der Waals surface area contributed by atoms with Gasteiger partial charge in [-0.3, -0.25) is 14.5 Å². The first-order valence-corrected chi connectivity index (χ1v) is 11.8. The lowest BCUT2D eigenvalue weighted by Crippen LogP contribution is -2.43. The molecule has 0 aromatic rings. The molecule has 0 aromatic carbocycles. The van der Waals surface area contributed by atoms with Crippen molar-refractivity contribution < 1.29 is 18.0 Å². The summed E-state index contributed by atoms with van der Waals surface area (Å²) < 4.78 is 25.4. The number of fused-ring (bicyclic) bond motifs is 1. The standard InChI is InChI=1S/C19H31N3O4S.ClH/c1-14(2)18-15-12-21(13-16(15)22(19(18)24)27(3,25)26)17(23)8-7-11-20-9-5-4-6-10-20;/h7-8,14-16,18H,4-6,9-13H2,1-3H3;1H/b8-7+;/t15?,16-,18+;/m0./s1. The van der Waals surface area contributed by atoms with Crippen LogP contribution in [-0.2, 0) is 19.6 Å². The fraction of sp³-hybridized carbons (Fsp3) is 0.789. The summed E-state index contributed by atoms with van der Waals surface area (Å²) in [5.74, 6) is -0.826. The van der Waals surface area contributed by atoms with Crippen molar-refractivity contribution in [3.63, 3.8) is 0 Å². The van der Waals surface area contributed by atoms with Gasteiger partial charge in [-0.05, 0) is 31.8 Å². The van der Waals surface area contributed by atoms with Gasteiger partial charge in [-0.25, -0.2) is 12.7 Å². The second-order valence-corrected chi connectivity index (χ2v) is 10.3. The summed E-state index contributed by atoms with van der Waals surface area (Å²) in [6, 6.07) is -0.431. The van der Waals surface area contributed by atoms with Crippen LogP contribution >= 0.6 is 12.4 Å². The number of halogens is 1. The van der Waals surface area contributed by atoms with Crippen LogP contribution < -0.4 is 0 Å². The number of nitrogens with zero attached hydrogens (tertiary/aromatic N) is 3. The molecule has 28 heavy (non-hydrogen) atoms. The maximum absolute atomic E-state index is 12.7. The monoisotopic (exact) mass is 433 g/mol. The van der Waals surface area contributed by atoms with E-state index in [1.165, 1.54) is 19.3 Å². The zero-order chi connectivity index (χ0) is 19.8. The Morgan fingerprint density at radius 2 is 1.82 bits per heavy atom. The summed E-state index contributed by atoms with van der Waals surface area (Å²) in [7, 11) is -3.63. The van der Waals surface area contributed by atoms with Crippen molar-refractivity contribution in [1.82, 2.24) is 14.1 Å². The van der Waals surface area contributed by atoms with E-state index in [1.807, 2.05) is 19.9 Å². The Bertz CT molecular complexity index is 719. The Morgan fingerprint density at radius 1 is 1.18 bits per heavy atom. The quantitative estimate of drug-likeness (QED) is 0.611. The number of amides is 2. The third-order valence-corrected chi connectivity index (χ3v) is 7.22. The Labute approximate surface area is 174 Å². The van der Waals surface area contributed by atoms with E-state index in [0.717, 1.165) is 30.2 Å². The largest absolute Gasteiger partial charge is 0.337 e. The number of likely N-dealkylation sites (tertiary alicyclic amines) is 2. The Balaban J connectivity index is 0.00000280. The van der Waals surface area contributed by atoms with Gasteiger partial charge in [0, 0.05) is 37.5 Å². The molecule has 1 unspecified atom stereocenters. The highest BCUT2D eigenvalue weighted by Gasteiger charge is 2.56. The van der Waals surface area contributed by atoms with Gasteiger partial charge in [0.25, 0.3) is 0 Å². The van der Waals surface area contributed by atoms with Crippen LogP contribution in [0.3, 0.4) is 0 Å². The predicted octanol–water partition coefficient (Wildman–Crippen LogP) is 1.35. The molecule has 0 radical (unpaired) electrons. The molecule has 0 aliphatic carbocycles. The molecule has 0 bridgehead atoms. The van der Waals surface area contributed by atoms with Gasteiger partial charge in [0.1, 0.15) is 0 Å². The van der Waals surface area contributed by atoms with Crippen molar-refractivity contribution in [2.45, 2.75) is 39.2 Å². The van der Waals surface area contributed by atoms with Crippen LogP contribution in [0.5, 0.6) is 0 Å². The van der Waals surface area contributed by atoms with Gasteiger partial charge in [0.15, 0.2) is 0 Å². The van der Waals surface area contributed by atoms with Crippen molar-refractivity contribution >= 4 is 34.2 Å². The molecule has 3 atom stereocenters. The first-order chi connectivity index (χ1) is 12.7. The number of rotatable bonds is 5. The van der Waals surface area contributed by atoms with Gasteiger partial charge in [0.2, 0.25) is 21.8 Å². The van der Waals surface area contributed by atoms with E-state index in [4.69, 9.17) is 0 Å². The molecule has 2 amide bonds. The topological polar surface area (TPSA) is 78.0 Å². The van der Waals surface area contributed by atoms with Gasteiger partial charge in [-0.1, -0.05) is 26.3 Å². The molecule has 0 spiro atoms. The first kappa shape index (κ1) is 23.2. The minimum atomic E-state index is -3.63. The van der Waals surface area contributed by atoms with Crippen molar-refractivity contribution in [3.05, 3.63) is 12.2 Å². The van der Waals surface area contributed by atoms with Crippen LogP contribution in [0.2, 0.25) is 0 Å². The normalized spacial score (nSPS) is 28.9. The van der Waals surface area contributed by atoms with Crippen molar-refractivity contribution in [2.75, 3.05) is 39.0 Å². The average Bonchev–Trinajstić information content (AvgIpc) is 3.10. The van der Waals surface area contributed by atoms with Crippen molar-refractivity contribution in [1.29, 1.82) is 0 Å². The molecule has 7 nitrogen and oxygen atoms in total. The fourth-order valence-corrected chi connectivity index (χ4v) is 5.99. The molecule has 160 valence electrons. The van der Waals surface area contributed by atoms with E-state index >= 15 is 0 Å². The van der Waals surface area contributed by atoms with Crippen LogP contribution in [0, 0.1) is 17.8 Å². The van der Waals surface area contributed by atoms with Crippen LogP contribution in [0.1, 0.15) is 33.1 Å². The van der Waals surface area contributed by atoms with Crippen molar-refractivity contribution in [3.8, 4) is 0 Å². The van der Waals surface area contributed by atoms with Crippen LogP contribution in [-0.4, -0.2) is 79.4 Å². The zero-order valence-corrected chi connectivity index (χ0v) is 18.5. The van der Waals surface area contributed by atoms with E-state index in [9.17, 15) is 18.0 Å². The smallest absolute Gasteiger partial charge is 0.246 e. The van der Waals surface area contributed by atoms with Gasteiger partial charge in [-0.15, -0.1) is 12.4 Å². The van der Waals surface area contributed by atoms with Gasteiger partial charge in [0.05, 0.1) is 12.3 Å². The summed E-state index contributed by atoms with van der Waals surface area (Å²) in [6.45, 7) is 7.54. The van der Waals surface area contributed by atoms with Crippen LogP contribution in [0.25, 0.3) is 0 Å². The summed E-state index contributed by atoms with van der Waals surface area (Å²) in [6.07, 6.45) is 8.29. The number of carbonyl (C=O) groups excluding carboxylic acids is 2. The lowest BCUT2D eigenvalue weighted by atomic mass is 9.84. The number of piperidine rings is 1. The highest BCUT2D eigenvalue weighted by atomic mass is 35.5. The minimum absolute atomic E-state index is 0. The fourth-order valence-electron chi connectivity index (χ4n) is 4.83. The predicted molar refractivity (Wildman–Crippen MR) is 111 cm³/mol. The second kappa shape index (κ2) is 9.13. The molecular formula is C19H32ClN3O4S. The Hall–Kier alpha value is -1.12. The second-order valence-electron chi connectivity index (χ2n) is 8.40. The number of hydrogen-bond donors (Lipinski definition) is 0. The lowest BCUT2D eigenvalue weighted by molar-refractivity contribution is -0.131. The molecule has 0 aromatic heterocycles. The van der Waals surface area contributed by atoms with Gasteiger partial charge in [-0.2, -0.15) is 0 Å². The minimum Gasteiger partial charge on any atom is -0.337 e. The summed E-state index contributed by atoms with van der Waals surface area (Å²) in [5, 5.41) is 0. The molecule has 3 fully saturated rings. The Kier molecular flexibility index (Phi) is 7.56. The van der Waals surface area contributed by atoms with Crippen LogP contribution in [0.15, 0.2) is 12.2 Å². The summed E-state index contributed by atoms with van der Waals surface area (Å²) >= 11 is 0. The number of hydrogen-bond acceptors (Lipinski definition) is 5. The molecule has 3 aliphatic rings. The van der Waals surface area contributed by atoms with E-state index in [-0.39, 0.29) is 42.0 Å². The summed E-state index contributed by atoms with van der Waals surface area (Å²) in [5.41, 5.74) is 0. The third kappa shape index (κ3) is 4.71. The molecule has 9 heteroatoms. The van der Waals surface area contributed by atoms with E-state index in [2.05, 4.69) is 4.90 Å². The molecule has 0 N–H and O–H groups in total. The highest BCUT2D eigenvalue weighted by Crippen LogP contribution is 2.41. The zero-order valence-electron chi connectivity index (χ0n) is 16.9. The maximum Gasteiger partial charge on any atom is 0.246 e. The summed E-state index contributed by atoms with van der Waals surface area (Å²) in [4.78, 5) is 29.3. The van der Waals surface area contributed by atoms with E-state index in [0.29, 0.717) is 13.1 Å².